The van der Waals surface area contributed by atoms with Gasteiger partial charge >= 0.3 is 0 Å². The normalized spacial score (nSPS) is 15.5. The first kappa shape index (κ1) is 22.0. The Morgan fingerprint density at radius 2 is 1.78 bits per heavy atom. The number of rotatable bonds is 8. The fourth-order valence-electron chi connectivity index (χ4n) is 4.15. The number of anilines is 1. The Bertz CT molecular complexity index is 998. The summed E-state index contributed by atoms with van der Waals surface area (Å²) >= 11 is 0. The van der Waals surface area contributed by atoms with E-state index in [9.17, 15) is 4.79 Å². The Hall–Kier alpha value is -3.26. The lowest BCUT2D eigenvalue weighted by Gasteiger charge is -2.35. The Morgan fingerprint density at radius 3 is 2.47 bits per heavy atom. The highest BCUT2D eigenvalue weighted by Crippen LogP contribution is 2.17. The molecule has 1 amide bonds. The smallest absolute Gasteiger partial charge is 0.255 e. The molecule has 1 atom stereocenters. The Labute approximate surface area is 189 Å². The number of nitrogens with one attached hydrogen (secondary N) is 1. The van der Waals surface area contributed by atoms with E-state index in [2.05, 4.69) is 44.0 Å². The van der Waals surface area contributed by atoms with E-state index < -0.39 is 0 Å². The van der Waals surface area contributed by atoms with Gasteiger partial charge in [-0.2, -0.15) is 5.10 Å². The minimum absolute atomic E-state index is 0.0385. The molecular weight excluding hydrogens is 402 g/mol. The summed E-state index contributed by atoms with van der Waals surface area (Å²) in [4.78, 5) is 26.3. The molecule has 0 aliphatic carbocycles. The van der Waals surface area contributed by atoms with Crippen LogP contribution in [0.5, 0.6) is 0 Å². The van der Waals surface area contributed by atoms with Crippen LogP contribution in [-0.2, 0) is 6.42 Å². The van der Waals surface area contributed by atoms with Crippen LogP contribution >= 0.6 is 0 Å². The lowest BCUT2D eigenvalue weighted by atomic mass is 10.1. The van der Waals surface area contributed by atoms with E-state index in [0.29, 0.717) is 5.56 Å². The van der Waals surface area contributed by atoms with Gasteiger partial charge in [0.05, 0.1) is 23.1 Å². The fraction of sp³-hybridized carbons (Fsp3) is 0.417. The van der Waals surface area contributed by atoms with E-state index in [1.54, 1.807) is 18.6 Å². The van der Waals surface area contributed by atoms with Gasteiger partial charge in [0.15, 0.2) is 0 Å². The summed E-state index contributed by atoms with van der Waals surface area (Å²) in [7, 11) is 0. The molecule has 1 fully saturated rings. The average molecular weight is 434 g/mol. The van der Waals surface area contributed by atoms with E-state index in [1.807, 2.05) is 41.1 Å². The molecule has 1 N–H and O–H groups in total. The zero-order chi connectivity index (χ0) is 22.3. The van der Waals surface area contributed by atoms with Gasteiger partial charge in [0.2, 0.25) is 5.95 Å². The molecule has 1 aliphatic rings. The molecule has 32 heavy (non-hydrogen) atoms. The first-order valence-corrected chi connectivity index (χ1v) is 11.3. The van der Waals surface area contributed by atoms with Crippen molar-refractivity contribution in [1.29, 1.82) is 0 Å². The van der Waals surface area contributed by atoms with E-state index in [1.165, 1.54) is 0 Å². The summed E-state index contributed by atoms with van der Waals surface area (Å²) in [5.74, 6) is 0.729. The third kappa shape index (κ3) is 5.13. The van der Waals surface area contributed by atoms with Gasteiger partial charge in [-0.15, -0.1) is 0 Å². The van der Waals surface area contributed by atoms with Crippen LogP contribution in [0.3, 0.4) is 0 Å². The van der Waals surface area contributed by atoms with E-state index >= 15 is 0 Å². The first-order chi connectivity index (χ1) is 15.7. The second kappa shape index (κ2) is 10.4. The molecule has 3 aromatic rings. The van der Waals surface area contributed by atoms with Crippen molar-refractivity contribution in [2.24, 2.45) is 0 Å². The van der Waals surface area contributed by atoms with Crippen molar-refractivity contribution >= 4 is 11.9 Å². The van der Waals surface area contributed by atoms with Crippen LogP contribution in [0, 0.1) is 0 Å². The Morgan fingerprint density at radius 1 is 1.06 bits per heavy atom. The minimum Gasteiger partial charge on any atom is -0.348 e. The summed E-state index contributed by atoms with van der Waals surface area (Å²) in [5, 5.41) is 7.69. The third-order valence-electron chi connectivity index (χ3n) is 5.72. The van der Waals surface area contributed by atoms with Gasteiger partial charge in [0, 0.05) is 51.2 Å². The number of hydrogen-bond donors (Lipinski definition) is 1. The number of aromatic nitrogens is 4. The minimum atomic E-state index is -0.0561. The van der Waals surface area contributed by atoms with Gasteiger partial charge in [-0.25, -0.2) is 14.6 Å². The summed E-state index contributed by atoms with van der Waals surface area (Å²) in [6.45, 7) is 8.60. The van der Waals surface area contributed by atoms with E-state index in [4.69, 9.17) is 0 Å². The molecule has 168 valence electrons. The van der Waals surface area contributed by atoms with Crippen LogP contribution in [0.1, 0.15) is 36.3 Å². The number of para-hydroxylation sites is 1. The molecule has 1 aliphatic heterocycles. The fourth-order valence-corrected chi connectivity index (χ4v) is 4.15. The van der Waals surface area contributed by atoms with Crippen LogP contribution in [0.4, 0.5) is 5.95 Å². The number of piperazine rings is 1. The molecule has 1 saturated heterocycles. The maximum absolute atomic E-state index is 13.1. The number of benzene rings is 1. The van der Waals surface area contributed by atoms with E-state index in [-0.39, 0.29) is 11.9 Å². The number of nitrogens with zero attached hydrogens (tertiary/aromatic N) is 6. The van der Waals surface area contributed by atoms with Crippen LogP contribution in [0.2, 0.25) is 0 Å². The van der Waals surface area contributed by atoms with Crippen molar-refractivity contribution in [3.8, 4) is 5.69 Å². The maximum atomic E-state index is 13.1. The zero-order valence-electron chi connectivity index (χ0n) is 18.8. The number of hydrogen-bond acceptors (Lipinski definition) is 6. The van der Waals surface area contributed by atoms with Gasteiger partial charge in [0.1, 0.15) is 0 Å². The quantitative estimate of drug-likeness (QED) is 0.588. The molecule has 0 spiro atoms. The molecule has 2 aromatic heterocycles. The van der Waals surface area contributed by atoms with Crippen molar-refractivity contribution in [1.82, 2.24) is 30.0 Å². The largest absolute Gasteiger partial charge is 0.348 e. The van der Waals surface area contributed by atoms with Crippen molar-refractivity contribution in [3.63, 3.8) is 0 Å². The monoisotopic (exact) mass is 433 g/mol. The molecule has 1 aromatic carbocycles. The molecule has 4 rings (SSSR count). The highest BCUT2D eigenvalue weighted by atomic mass is 16.1. The zero-order valence-corrected chi connectivity index (χ0v) is 18.8. The predicted molar refractivity (Wildman–Crippen MR) is 125 cm³/mol. The molecule has 1 unspecified atom stereocenters. The molecule has 0 radical (unpaired) electrons. The Balaban J connectivity index is 1.35. The summed E-state index contributed by atoms with van der Waals surface area (Å²) in [6, 6.07) is 11.8. The van der Waals surface area contributed by atoms with Crippen molar-refractivity contribution < 1.29 is 4.79 Å². The standard InChI is InChI=1S/C24H31N7O/c1-3-8-22-21(17-27-31(22)20-9-5-4-6-10-20)23(32)28-19(2)18-29-13-15-30(16-14-29)24-25-11-7-12-26-24/h4-7,9-12,17,19H,3,8,13-16,18H2,1-2H3,(H,28,32). The highest BCUT2D eigenvalue weighted by Gasteiger charge is 2.23. The summed E-state index contributed by atoms with van der Waals surface area (Å²) in [5.41, 5.74) is 2.59. The maximum Gasteiger partial charge on any atom is 0.255 e. The van der Waals surface area contributed by atoms with Crippen LogP contribution < -0.4 is 10.2 Å². The van der Waals surface area contributed by atoms with Crippen molar-refractivity contribution in [3.05, 3.63) is 66.2 Å². The Kier molecular flexibility index (Phi) is 7.11. The molecule has 0 saturated carbocycles. The topological polar surface area (TPSA) is 79.2 Å². The van der Waals surface area contributed by atoms with Gasteiger partial charge in [-0.3, -0.25) is 9.69 Å². The van der Waals surface area contributed by atoms with Crippen molar-refractivity contribution in [2.75, 3.05) is 37.6 Å². The van der Waals surface area contributed by atoms with Crippen molar-refractivity contribution in [2.45, 2.75) is 32.7 Å². The van der Waals surface area contributed by atoms with Crippen LogP contribution in [-0.4, -0.2) is 69.3 Å². The van der Waals surface area contributed by atoms with Gasteiger partial charge in [-0.1, -0.05) is 31.5 Å². The van der Waals surface area contributed by atoms with E-state index in [0.717, 1.165) is 62.9 Å². The molecular formula is C24H31N7O. The average Bonchev–Trinajstić information content (AvgIpc) is 3.25. The number of carbonyl (C=O) groups is 1. The van der Waals surface area contributed by atoms with Gasteiger partial charge in [0.25, 0.3) is 5.91 Å². The van der Waals surface area contributed by atoms with Crippen LogP contribution in [0.25, 0.3) is 5.69 Å². The number of carbonyl (C=O) groups excluding carboxylic acids is 1. The molecule has 3 heterocycles. The lowest BCUT2D eigenvalue weighted by molar-refractivity contribution is 0.0927. The third-order valence-corrected chi connectivity index (χ3v) is 5.72. The van der Waals surface area contributed by atoms with Gasteiger partial charge in [-0.05, 0) is 31.5 Å². The predicted octanol–water partition coefficient (Wildman–Crippen LogP) is 2.56. The molecule has 0 bridgehead atoms. The second-order valence-electron chi connectivity index (χ2n) is 8.21. The van der Waals surface area contributed by atoms with Crippen LogP contribution in [0.15, 0.2) is 55.0 Å². The SMILES string of the molecule is CCCc1c(C(=O)NC(C)CN2CCN(c3ncccn3)CC2)cnn1-c1ccccc1. The number of amides is 1. The van der Waals surface area contributed by atoms with Gasteiger partial charge < -0.3 is 10.2 Å². The summed E-state index contributed by atoms with van der Waals surface area (Å²) in [6.07, 6.45) is 7.00. The second-order valence-corrected chi connectivity index (χ2v) is 8.21. The summed E-state index contributed by atoms with van der Waals surface area (Å²) < 4.78 is 1.88. The lowest BCUT2D eigenvalue weighted by Crippen LogP contribution is -2.51. The first-order valence-electron chi connectivity index (χ1n) is 11.3. The highest BCUT2D eigenvalue weighted by molar-refractivity contribution is 5.95. The molecule has 8 heteroatoms. The molecule has 8 nitrogen and oxygen atoms in total.